The van der Waals surface area contributed by atoms with Crippen LogP contribution in [0.3, 0.4) is 0 Å². The number of aryl methyl sites for hydroxylation is 1. The van der Waals surface area contributed by atoms with Gasteiger partial charge < -0.3 is 9.84 Å². The highest BCUT2D eigenvalue weighted by atomic mass is 16.6. The average Bonchev–Trinajstić information content (AvgIpc) is 2.35. The molecule has 0 spiro atoms. The van der Waals surface area contributed by atoms with E-state index < -0.39 is 11.7 Å². The van der Waals surface area contributed by atoms with Gasteiger partial charge in [-0.3, -0.25) is 9.88 Å². The topological polar surface area (TPSA) is 62.7 Å². The number of rotatable bonds is 1. The zero-order chi connectivity index (χ0) is 14.9. The summed E-state index contributed by atoms with van der Waals surface area (Å²) in [6.45, 7) is 7.88. The third kappa shape index (κ3) is 3.28. The number of carbonyl (C=O) groups excluding carboxylic acids is 1. The Balaban J connectivity index is 2.27. The second-order valence-corrected chi connectivity index (χ2v) is 6.11. The molecular formula is C15H22N2O3. The lowest BCUT2D eigenvalue weighted by Crippen LogP contribution is -2.40. The lowest BCUT2D eigenvalue weighted by molar-refractivity contribution is 0.0577. The van der Waals surface area contributed by atoms with Gasteiger partial charge in [0.05, 0.1) is 23.2 Å². The summed E-state index contributed by atoms with van der Waals surface area (Å²) in [5.41, 5.74) is 1.76. The van der Waals surface area contributed by atoms with Crippen LogP contribution < -0.4 is 4.90 Å². The van der Waals surface area contributed by atoms with Gasteiger partial charge in [0, 0.05) is 6.54 Å². The number of aliphatic hydroxyl groups is 1. The van der Waals surface area contributed by atoms with E-state index >= 15 is 0 Å². The zero-order valence-corrected chi connectivity index (χ0v) is 12.5. The molecule has 1 aliphatic heterocycles. The maximum Gasteiger partial charge on any atom is 0.414 e. The van der Waals surface area contributed by atoms with Gasteiger partial charge in [-0.25, -0.2) is 4.79 Å². The van der Waals surface area contributed by atoms with Crippen LogP contribution in [0.2, 0.25) is 0 Å². The maximum atomic E-state index is 12.2. The Hall–Kier alpha value is -1.62. The van der Waals surface area contributed by atoms with Gasteiger partial charge in [-0.1, -0.05) is 0 Å². The van der Waals surface area contributed by atoms with E-state index in [0.29, 0.717) is 12.2 Å². The maximum absolute atomic E-state index is 12.2. The highest BCUT2D eigenvalue weighted by Crippen LogP contribution is 2.28. The molecule has 20 heavy (non-hydrogen) atoms. The largest absolute Gasteiger partial charge is 0.443 e. The van der Waals surface area contributed by atoms with Crippen LogP contribution >= 0.6 is 0 Å². The van der Waals surface area contributed by atoms with E-state index in [-0.39, 0.29) is 6.09 Å². The van der Waals surface area contributed by atoms with Gasteiger partial charge in [-0.05, 0) is 52.7 Å². The molecule has 0 aromatic carbocycles. The molecule has 0 saturated heterocycles. The first-order valence-electron chi connectivity index (χ1n) is 6.96. The Morgan fingerprint density at radius 1 is 1.45 bits per heavy atom. The molecule has 1 amide bonds. The van der Waals surface area contributed by atoms with Crippen molar-refractivity contribution in [2.24, 2.45) is 0 Å². The van der Waals surface area contributed by atoms with Crippen molar-refractivity contribution in [1.82, 2.24) is 4.98 Å². The molecule has 0 saturated carbocycles. The van der Waals surface area contributed by atoms with Gasteiger partial charge in [-0.15, -0.1) is 0 Å². The number of aromatic nitrogens is 1. The first-order chi connectivity index (χ1) is 9.28. The molecule has 2 heterocycles. The van der Waals surface area contributed by atoms with E-state index in [9.17, 15) is 9.90 Å². The lowest BCUT2D eigenvalue weighted by Gasteiger charge is -2.31. The molecule has 110 valence electrons. The number of pyridine rings is 1. The predicted octanol–water partition coefficient (Wildman–Crippen LogP) is 2.82. The average molecular weight is 278 g/mol. The number of hydrogen-bond donors (Lipinski definition) is 1. The van der Waals surface area contributed by atoms with Gasteiger partial charge >= 0.3 is 6.09 Å². The van der Waals surface area contributed by atoms with Crippen LogP contribution in [0.15, 0.2) is 12.1 Å². The Kier molecular flexibility index (Phi) is 3.99. The fraction of sp³-hybridized carbons (Fsp3) is 0.600. The molecule has 1 aliphatic rings. The standard InChI is InChI=1S/C15H22N2O3/c1-10(18)11-7-8-13-12(16-11)6-5-9-17(13)14(19)20-15(2,3)4/h7-8,10,18H,5-6,9H2,1-4H3/t10-/m0/s1. The van der Waals surface area contributed by atoms with E-state index in [0.717, 1.165) is 24.2 Å². The summed E-state index contributed by atoms with van der Waals surface area (Å²) in [5, 5.41) is 9.59. The number of hydrogen-bond acceptors (Lipinski definition) is 4. The van der Waals surface area contributed by atoms with Crippen LogP contribution in [0.4, 0.5) is 10.5 Å². The molecule has 1 aromatic heterocycles. The van der Waals surface area contributed by atoms with Crippen molar-refractivity contribution in [3.63, 3.8) is 0 Å². The number of amides is 1. The third-order valence-corrected chi connectivity index (χ3v) is 3.10. The van der Waals surface area contributed by atoms with Gasteiger partial charge in [0.1, 0.15) is 5.60 Å². The van der Waals surface area contributed by atoms with Gasteiger partial charge in [0.25, 0.3) is 0 Å². The van der Waals surface area contributed by atoms with Crippen molar-refractivity contribution in [2.45, 2.75) is 52.2 Å². The van der Waals surface area contributed by atoms with Crippen LogP contribution in [0.5, 0.6) is 0 Å². The highest BCUT2D eigenvalue weighted by molar-refractivity contribution is 5.89. The lowest BCUT2D eigenvalue weighted by atomic mass is 10.1. The molecule has 5 nitrogen and oxygen atoms in total. The normalized spacial score (nSPS) is 16.6. The summed E-state index contributed by atoms with van der Waals surface area (Å²) in [4.78, 5) is 18.3. The first kappa shape index (κ1) is 14.8. The quantitative estimate of drug-likeness (QED) is 0.858. The second-order valence-electron chi connectivity index (χ2n) is 6.11. The third-order valence-electron chi connectivity index (χ3n) is 3.10. The van der Waals surface area contributed by atoms with Crippen LogP contribution in [0.25, 0.3) is 0 Å². The Morgan fingerprint density at radius 3 is 2.75 bits per heavy atom. The number of ether oxygens (including phenoxy) is 1. The number of aliphatic hydroxyl groups excluding tert-OH is 1. The number of fused-ring (bicyclic) bond motifs is 1. The Morgan fingerprint density at radius 2 is 2.15 bits per heavy atom. The molecule has 0 unspecified atom stereocenters. The minimum atomic E-state index is -0.600. The number of anilines is 1. The molecule has 1 atom stereocenters. The van der Waals surface area contributed by atoms with Crippen molar-refractivity contribution >= 4 is 11.8 Å². The molecule has 0 radical (unpaired) electrons. The summed E-state index contributed by atoms with van der Waals surface area (Å²) in [7, 11) is 0. The fourth-order valence-electron chi connectivity index (χ4n) is 2.21. The van der Waals surface area contributed by atoms with Crippen molar-refractivity contribution in [3.05, 3.63) is 23.5 Å². The smallest absolute Gasteiger partial charge is 0.414 e. The molecule has 1 N–H and O–H groups in total. The van der Waals surface area contributed by atoms with E-state index in [1.54, 1.807) is 17.9 Å². The second kappa shape index (κ2) is 5.40. The summed E-state index contributed by atoms with van der Waals surface area (Å²) in [6.07, 6.45) is 0.722. The van der Waals surface area contributed by atoms with Crippen LogP contribution in [-0.4, -0.2) is 28.3 Å². The van der Waals surface area contributed by atoms with Crippen LogP contribution in [-0.2, 0) is 11.2 Å². The molecule has 5 heteroatoms. The van der Waals surface area contributed by atoms with Crippen molar-refractivity contribution in [2.75, 3.05) is 11.4 Å². The van der Waals surface area contributed by atoms with E-state index in [2.05, 4.69) is 4.98 Å². The minimum absolute atomic E-state index is 0.343. The van der Waals surface area contributed by atoms with Gasteiger partial charge in [0.2, 0.25) is 0 Å². The minimum Gasteiger partial charge on any atom is -0.443 e. The fourth-order valence-corrected chi connectivity index (χ4v) is 2.21. The zero-order valence-electron chi connectivity index (χ0n) is 12.5. The highest BCUT2D eigenvalue weighted by Gasteiger charge is 2.28. The summed E-state index contributed by atoms with van der Waals surface area (Å²) in [6, 6.07) is 3.60. The first-order valence-corrected chi connectivity index (χ1v) is 6.96. The Labute approximate surface area is 119 Å². The molecule has 0 bridgehead atoms. The number of nitrogens with zero attached hydrogens (tertiary/aromatic N) is 2. The monoisotopic (exact) mass is 278 g/mol. The summed E-state index contributed by atoms with van der Waals surface area (Å²) >= 11 is 0. The Bertz CT molecular complexity index is 506. The summed E-state index contributed by atoms with van der Waals surface area (Å²) in [5.74, 6) is 0. The SMILES string of the molecule is C[C@H](O)c1ccc2c(n1)CCCN2C(=O)OC(C)(C)C. The molecule has 1 aromatic rings. The van der Waals surface area contributed by atoms with E-state index in [4.69, 9.17) is 4.74 Å². The van der Waals surface area contributed by atoms with Gasteiger partial charge in [-0.2, -0.15) is 0 Å². The van der Waals surface area contributed by atoms with Crippen molar-refractivity contribution < 1.29 is 14.6 Å². The molecule has 0 aliphatic carbocycles. The van der Waals surface area contributed by atoms with E-state index in [1.807, 2.05) is 26.8 Å². The van der Waals surface area contributed by atoms with Crippen LogP contribution in [0, 0.1) is 0 Å². The van der Waals surface area contributed by atoms with Crippen molar-refractivity contribution in [3.8, 4) is 0 Å². The molecular weight excluding hydrogens is 256 g/mol. The summed E-state index contributed by atoms with van der Waals surface area (Å²) < 4.78 is 5.42. The molecule has 2 rings (SSSR count). The predicted molar refractivity (Wildman–Crippen MR) is 76.8 cm³/mol. The van der Waals surface area contributed by atoms with Crippen molar-refractivity contribution in [1.29, 1.82) is 0 Å². The van der Waals surface area contributed by atoms with Crippen LogP contribution in [0.1, 0.15) is 51.6 Å². The van der Waals surface area contributed by atoms with Gasteiger partial charge in [0.15, 0.2) is 0 Å². The number of carbonyl (C=O) groups is 1. The van der Waals surface area contributed by atoms with E-state index in [1.165, 1.54) is 0 Å². The molecule has 0 fully saturated rings.